The summed E-state index contributed by atoms with van der Waals surface area (Å²) < 4.78 is 10.4. The van der Waals surface area contributed by atoms with Gasteiger partial charge in [-0.1, -0.05) is 12.1 Å². The van der Waals surface area contributed by atoms with E-state index < -0.39 is 18.0 Å². The van der Waals surface area contributed by atoms with Crippen molar-refractivity contribution in [2.75, 3.05) is 23.9 Å². The normalized spacial score (nSPS) is 14.5. The second-order valence-electron chi connectivity index (χ2n) is 6.43. The van der Waals surface area contributed by atoms with E-state index in [0.717, 1.165) is 12.1 Å². The van der Waals surface area contributed by atoms with Gasteiger partial charge in [-0.3, -0.25) is 9.59 Å². The van der Waals surface area contributed by atoms with Crippen molar-refractivity contribution >= 4 is 29.2 Å². The van der Waals surface area contributed by atoms with Crippen LogP contribution in [0.25, 0.3) is 0 Å². The third-order valence-corrected chi connectivity index (χ3v) is 4.51. The molecule has 7 heteroatoms. The zero-order valence-corrected chi connectivity index (χ0v) is 15.8. The van der Waals surface area contributed by atoms with E-state index in [0.29, 0.717) is 30.0 Å². The van der Waals surface area contributed by atoms with Crippen LogP contribution >= 0.6 is 0 Å². The van der Waals surface area contributed by atoms with Crippen molar-refractivity contribution < 1.29 is 23.9 Å². The molecule has 1 heterocycles. The summed E-state index contributed by atoms with van der Waals surface area (Å²) in [4.78, 5) is 38.1. The Morgan fingerprint density at radius 2 is 1.82 bits per heavy atom. The first kappa shape index (κ1) is 19.4. The van der Waals surface area contributed by atoms with E-state index in [1.807, 2.05) is 0 Å². The van der Waals surface area contributed by atoms with E-state index in [2.05, 4.69) is 5.32 Å². The molecule has 0 bridgehead atoms. The first-order chi connectivity index (χ1) is 13.5. The van der Waals surface area contributed by atoms with E-state index in [-0.39, 0.29) is 5.91 Å². The van der Waals surface area contributed by atoms with Gasteiger partial charge in [0.25, 0.3) is 5.91 Å². The Labute approximate surface area is 163 Å². The average Bonchev–Trinajstić information content (AvgIpc) is 3.14. The topological polar surface area (TPSA) is 84.9 Å². The molecular formula is C21H22N2O5. The van der Waals surface area contributed by atoms with Crippen molar-refractivity contribution in [1.29, 1.82) is 0 Å². The quantitative estimate of drug-likeness (QED) is 0.777. The molecule has 3 rings (SSSR count). The highest BCUT2D eigenvalue weighted by Gasteiger charge is 2.23. The number of carbonyl (C=O) groups is 3. The van der Waals surface area contributed by atoms with Crippen LogP contribution < -0.4 is 15.0 Å². The van der Waals surface area contributed by atoms with Gasteiger partial charge in [-0.25, -0.2) is 4.79 Å². The SMILES string of the molecule is COc1ccccc1NC(=O)[C@@H](C)OC(=O)c1ccc(N2CCCC2=O)cc1. The summed E-state index contributed by atoms with van der Waals surface area (Å²) in [7, 11) is 1.51. The van der Waals surface area contributed by atoms with Crippen LogP contribution in [0.4, 0.5) is 11.4 Å². The average molecular weight is 382 g/mol. The molecule has 0 radical (unpaired) electrons. The van der Waals surface area contributed by atoms with E-state index in [1.54, 1.807) is 53.4 Å². The molecule has 28 heavy (non-hydrogen) atoms. The third-order valence-electron chi connectivity index (χ3n) is 4.51. The lowest BCUT2D eigenvalue weighted by molar-refractivity contribution is -0.123. The summed E-state index contributed by atoms with van der Waals surface area (Å²) in [5, 5.41) is 2.68. The molecule has 1 atom stereocenters. The molecule has 7 nitrogen and oxygen atoms in total. The molecule has 2 aromatic rings. The van der Waals surface area contributed by atoms with E-state index in [9.17, 15) is 14.4 Å². The van der Waals surface area contributed by atoms with Crippen molar-refractivity contribution in [2.24, 2.45) is 0 Å². The highest BCUT2D eigenvalue weighted by molar-refractivity contribution is 5.99. The van der Waals surface area contributed by atoms with Gasteiger partial charge in [-0.05, 0) is 49.7 Å². The maximum Gasteiger partial charge on any atom is 0.338 e. The largest absolute Gasteiger partial charge is 0.495 e. The van der Waals surface area contributed by atoms with Gasteiger partial charge in [-0.15, -0.1) is 0 Å². The van der Waals surface area contributed by atoms with Crippen LogP contribution in [0, 0.1) is 0 Å². The van der Waals surface area contributed by atoms with Gasteiger partial charge in [0.1, 0.15) is 5.75 Å². The predicted molar refractivity (Wildman–Crippen MR) is 105 cm³/mol. The molecule has 1 aliphatic heterocycles. The summed E-state index contributed by atoms with van der Waals surface area (Å²) in [6, 6.07) is 13.6. The Hall–Kier alpha value is -3.35. The minimum atomic E-state index is -0.989. The fourth-order valence-electron chi connectivity index (χ4n) is 2.96. The number of nitrogens with one attached hydrogen (secondary N) is 1. The number of benzene rings is 2. The monoisotopic (exact) mass is 382 g/mol. The highest BCUT2D eigenvalue weighted by Crippen LogP contribution is 2.24. The maximum atomic E-state index is 12.3. The predicted octanol–water partition coefficient (Wildman–Crippen LogP) is 3.01. The van der Waals surface area contributed by atoms with Crippen LogP contribution in [0.15, 0.2) is 48.5 Å². The number of nitrogens with zero attached hydrogens (tertiary/aromatic N) is 1. The summed E-state index contributed by atoms with van der Waals surface area (Å²) in [5.74, 6) is -0.475. The number of para-hydroxylation sites is 2. The molecule has 0 saturated carbocycles. The van der Waals surface area contributed by atoms with Gasteiger partial charge in [0.05, 0.1) is 18.4 Å². The zero-order valence-electron chi connectivity index (χ0n) is 15.8. The van der Waals surface area contributed by atoms with Gasteiger partial charge < -0.3 is 19.7 Å². The fraction of sp³-hybridized carbons (Fsp3) is 0.286. The molecule has 1 N–H and O–H groups in total. The minimum Gasteiger partial charge on any atom is -0.495 e. The van der Waals surface area contributed by atoms with E-state index in [4.69, 9.17) is 9.47 Å². The van der Waals surface area contributed by atoms with Crippen LogP contribution in [0.3, 0.4) is 0 Å². The number of rotatable bonds is 6. The van der Waals surface area contributed by atoms with Crippen LogP contribution in [0.5, 0.6) is 5.75 Å². The summed E-state index contributed by atoms with van der Waals surface area (Å²) in [6.07, 6.45) is 0.390. The number of amides is 2. The number of hydrogen-bond donors (Lipinski definition) is 1. The maximum absolute atomic E-state index is 12.3. The van der Waals surface area contributed by atoms with Crippen molar-refractivity contribution in [3.63, 3.8) is 0 Å². The van der Waals surface area contributed by atoms with E-state index >= 15 is 0 Å². The summed E-state index contributed by atoms with van der Waals surface area (Å²) in [5.41, 5.74) is 1.56. The molecular weight excluding hydrogens is 360 g/mol. The molecule has 2 aromatic carbocycles. The third kappa shape index (κ3) is 4.31. The highest BCUT2D eigenvalue weighted by atomic mass is 16.5. The lowest BCUT2D eigenvalue weighted by atomic mass is 10.2. The number of anilines is 2. The van der Waals surface area contributed by atoms with Gasteiger partial charge >= 0.3 is 5.97 Å². The van der Waals surface area contributed by atoms with Crippen LogP contribution in [-0.4, -0.2) is 37.5 Å². The molecule has 2 amide bonds. The van der Waals surface area contributed by atoms with Gasteiger partial charge in [0.2, 0.25) is 5.91 Å². The molecule has 0 spiro atoms. The first-order valence-corrected chi connectivity index (χ1v) is 9.05. The Morgan fingerprint density at radius 1 is 1.11 bits per heavy atom. The van der Waals surface area contributed by atoms with Gasteiger partial charge in [-0.2, -0.15) is 0 Å². The Morgan fingerprint density at radius 3 is 2.46 bits per heavy atom. The molecule has 1 fully saturated rings. The number of hydrogen-bond acceptors (Lipinski definition) is 5. The lowest BCUT2D eigenvalue weighted by Gasteiger charge is -2.17. The Balaban J connectivity index is 1.60. The molecule has 0 unspecified atom stereocenters. The number of methoxy groups -OCH3 is 1. The molecule has 1 saturated heterocycles. The van der Waals surface area contributed by atoms with Crippen molar-refractivity contribution in [2.45, 2.75) is 25.9 Å². The summed E-state index contributed by atoms with van der Waals surface area (Å²) in [6.45, 7) is 2.18. The zero-order chi connectivity index (χ0) is 20.1. The lowest BCUT2D eigenvalue weighted by Crippen LogP contribution is -2.30. The second-order valence-corrected chi connectivity index (χ2v) is 6.43. The number of ether oxygens (including phenoxy) is 2. The smallest absolute Gasteiger partial charge is 0.338 e. The minimum absolute atomic E-state index is 0.0805. The second kappa shape index (κ2) is 8.56. The van der Waals surface area contributed by atoms with Gasteiger partial charge in [0, 0.05) is 18.7 Å². The number of esters is 1. The van der Waals surface area contributed by atoms with Crippen molar-refractivity contribution in [1.82, 2.24) is 0 Å². The first-order valence-electron chi connectivity index (χ1n) is 9.05. The summed E-state index contributed by atoms with van der Waals surface area (Å²) >= 11 is 0. The van der Waals surface area contributed by atoms with Crippen molar-refractivity contribution in [3.05, 3.63) is 54.1 Å². The number of carbonyl (C=O) groups excluding carboxylic acids is 3. The fourth-order valence-corrected chi connectivity index (χ4v) is 2.96. The van der Waals surface area contributed by atoms with Crippen LogP contribution in [-0.2, 0) is 14.3 Å². The standard InChI is InChI=1S/C21H22N2O5/c1-14(20(25)22-17-6-3-4-7-18(17)27-2)28-21(26)15-9-11-16(12-10-15)23-13-5-8-19(23)24/h3-4,6-7,9-12,14H,5,8,13H2,1-2H3,(H,22,25)/t14-/m1/s1. The van der Waals surface area contributed by atoms with Crippen LogP contribution in [0.1, 0.15) is 30.1 Å². The van der Waals surface area contributed by atoms with Crippen LogP contribution in [0.2, 0.25) is 0 Å². The van der Waals surface area contributed by atoms with Gasteiger partial charge in [0.15, 0.2) is 6.10 Å². The molecule has 146 valence electrons. The Bertz CT molecular complexity index is 879. The molecule has 1 aliphatic rings. The molecule has 0 aliphatic carbocycles. The van der Waals surface area contributed by atoms with E-state index in [1.165, 1.54) is 14.0 Å². The Kier molecular flexibility index (Phi) is 5.93. The molecule has 0 aromatic heterocycles. The van der Waals surface area contributed by atoms with Crippen molar-refractivity contribution in [3.8, 4) is 5.75 Å².